The molecule has 0 bridgehead atoms. The van der Waals surface area contributed by atoms with Gasteiger partial charge in [0.1, 0.15) is 11.8 Å². The van der Waals surface area contributed by atoms with Crippen LogP contribution in [0.15, 0.2) is 4.99 Å². The Kier molecular flexibility index (Phi) is 16.6. The molecule has 256 valence electrons. The maximum Gasteiger partial charge on any atom is 0.310 e. The molecule has 1 aromatic heterocycles. The molecule has 0 aromatic carbocycles. The number of aliphatic imine (C=N–C) groups is 1. The second kappa shape index (κ2) is 20.4. The monoisotopic (exact) mass is 642 g/mol. The first-order chi connectivity index (χ1) is 22.4. The normalized spacial score (nSPS) is 22.2. The van der Waals surface area contributed by atoms with Crippen molar-refractivity contribution >= 4 is 29.6 Å². The van der Waals surface area contributed by atoms with Gasteiger partial charge in [0.05, 0.1) is 18.4 Å². The number of carbonyl (C=O) groups is 2. The number of halogens is 1. The van der Waals surface area contributed by atoms with E-state index in [1.165, 1.54) is 44.9 Å². The molecule has 46 heavy (non-hydrogen) atoms. The fourth-order valence-electron chi connectivity index (χ4n) is 6.27. The maximum absolute atomic E-state index is 14.4. The third kappa shape index (κ3) is 11.7. The summed E-state index contributed by atoms with van der Waals surface area (Å²) < 4.78 is 26.4. The number of fused-ring (bicyclic) bond motifs is 1. The number of aryl methyl sites for hydroxylation is 1. The Morgan fingerprint density at radius 3 is 2.22 bits per heavy atom. The summed E-state index contributed by atoms with van der Waals surface area (Å²) in [4.78, 5) is 37.7. The molecule has 9 nitrogen and oxygen atoms in total. The van der Waals surface area contributed by atoms with Crippen molar-refractivity contribution in [2.24, 2.45) is 10.9 Å². The van der Waals surface area contributed by atoms with Crippen molar-refractivity contribution in [2.45, 2.75) is 160 Å². The van der Waals surface area contributed by atoms with Crippen molar-refractivity contribution in [2.75, 3.05) is 11.9 Å². The number of nitrogens with one attached hydrogen (secondary N) is 1. The van der Waals surface area contributed by atoms with Gasteiger partial charge in [0.25, 0.3) is 0 Å². The number of carbonyl (C=O) groups excluding carboxylic acids is 2. The van der Waals surface area contributed by atoms with Crippen LogP contribution in [0.4, 0.5) is 15.9 Å². The fourth-order valence-corrected chi connectivity index (χ4v) is 6.27. The number of terminal acetylenes is 1. The standard InChI is InChI=1S/C36H55FN4O5/c1-4-7-9-11-12-13-14-15-17-19-21-32(44)45-30-24-29(46-36(30,6-3)26-42)27-22-23-28-33(38-25-27)34(41-35(37)39-28)40-31(43)20-18-16-10-8-5-2/h3,25,27,29-30,42H,4-5,7-24,26H2,1-2H3,(H,39,40,41,43)/t27?,29-,30+,36-/m1/s1. The van der Waals surface area contributed by atoms with E-state index in [1.807, 2.05) is 0 Å². The lowest BCUT2D eigenvalue weighted by molar-refractivity contribution is -0.158. The summed E-state index contributed by atoms with van der Waals surface area (Å²) in [5.74, 6) is 1.74. The van der Waals surface area contributed by atoms with Crippen LogP contribution in [0.3, 0.4) is 0 Å². The van der Waals surface area contributed by atoms with Gasteiger partial charge in [-0.3, -0.25) is 14.6 Å². The third-order valence-electron chi connectivity index (χ3n) is 9.10. The molecule has 2 aliphatic rings. The zero-order chi connectivity index (χ0) is 33.2. The zero-order valence-corrected chi connectivity index (χ0v) is 28.0. The van der Waals surface area contributed by atoms with Gasteiger partial charge in [-0.2, -0.15) is 9.37 Å². The molecule has 2 aliphatic heterocycles. The molecule has 1 unspecified atom stereocenters. The number of aromatic nitrogens is 2. The van der Waals surface area contributed by atoms with Crippen molar-refractivity contribution in [1.82, 2.24) is 9.97 Å². The number of hydrogen-bond donors (Lipinski definition) is 2. The lowest BCUT2D eigenvalue weighted by Gasteiger charge is -2.27. The van der Waals surface area contributed by atoms with E-state index in [1.54, 1.807) is 6.21 Å². The van der Waals surface area contributed by atoms with E-state index in [2.05, 4.69) is 40.0 Å². The summed E-state index contributed by atoms with van der Waals surface area (Å²) in [5, 5.41) is 13.0. The number of aliphatic hydroxyl groups excluding tert-OH is 1. The number of rotatable bonds is 21. The van der Waals surface area contributed by atoms with E-state index in [0.717, 1.165) is 51.4 Å². The first-order valence-corrected chi connectivity index (χ1v) is 17.7. The van der Waals surface area contributed by atoms with Crippen molar-refractivity contribution in [3.8, 4) is 12.3 Å². The minimum Gasteiger partial charge on any atom is -0.458 e. The smallest absolute Gasteiger partial charge is 0.310 e. The Hall–Kier alpha value is -2.90. The van der Waals surface area contributed by atoms with Gasteiger partial charge < -0.3 is 19.9 Å². The molecule has 1 aromatic rings. The first kappa shape index (κ1) is 37.6. The van der Waals surface area contributed by atoms with Crippen LogP contribution in [0.5, 0.6) is 0 Å². The van der Waals surface area contributed by atoms with Gasteiger partial charge in [-0.25, -0.2) is 4.98 Å². The number of aliphatic hydroxyl groups is 1. The Balaban J connectivity index is 1.53. The van der Waals surface area contributed by atoms with Crippen molar-refractivity contribution in [1.29, 1.82) is 0 Å². The van der Waals surface area contributed by atoms with Crippen LogP contribution in [0, 0.1) is 24.3 Å². The molecule has 0 saturated carbocycles. The van der Waals surface area contributed by atoms with Gasteiger partial charge in [-0.1, -0.05) is 103 Å². The lowest BCUT2D eigenvalue weighted by atomic mass is 9.92. The van der Waals surface area contributed by atoms with Crippen LogP contribution in [-0.2, 0) is 25.5 Å². The van der Waals surface area contributed by atoms with Gasteiger partial charge in [0.2, 0.25) is 5.91 Å². The molecule has 2 N–H and O–H groups in total. The molecule has 0 aliphatic carbocycles. The molecule has 3 heterocycles. The molecule has 1 fully saturated rings. The second-order valence-electron chi connectivity index (χ2n) is 12.8. The van der Waals surface area contributed by atoms with Crippen molar-refractivity contribution in [3.05, 3.63) is 11.8 Å². The predicted molar refractivity (Wildman–Crippen MR) is 178 cm³/mol. The maximum atomic E-state index is 14.4. The van der Waals surface area contributed by atoms with E-state index in [0.29, 0.717) is 43.5 Å². The average Bonchev–Trinajstić information content (AvgIpc) is 3.26. The SMILES string of the molecule is C#C[C@]1(CO)O[C@@H](C2C=Nc3c(nc(F)nc3NC(=O)CCCCCCC)CC2)C[C@@H]1OC(=O)CCCCCCCCCCCC. The predicted octanol–water partition coefficient (Wildman–Crippen LogP) is 7.56. The highest BCUT2D eigenvalue weighted by Crippen LogP contribution is 2.39. The van der Waals surface area contributed by atoms with Gasteiger partial charge in [0.15, 0.2) is 11.4 Å². The van der Waals surface area contributed by atoms with E-state index in [4.69, 9.17) is 15.9 Å². The Morgan fingerprint density at radius 2 is 1.61 bits per heavy atom. The number of amides is 1. The van der Waals surface area contributed by atoms with E-state index >= 15 is 0 Å². The number of hydrogen-bond acceptors (Lipinski definition) is 8. The quantitative estimate of drug-likeness (QED) is 0.0614. The molecular weight excluding hydrogens is 587 g/mol. The molecule has 0 radical (unpaired) electrons. The number of ether oxygens (including phenoxy) is 2. The number of unbranched alkanes of at least 4 members (excludes halogenated alkanes) is 13. The summed E-state index contributed by atoms with van der Waals surface area (Å²) >= 11 is 0. The summed E-state index contributed by atoms with van der Waals surface area (Å²) in [6.45, 7) is 3.87. The van der Waals surface area contributed by atoms with Crippen LogP contribution in [-0.4, -0.2) is 57.6 Å². The fraction of sp³-hybridized carbons (Fsp3) is 0.750. The van der Waals surface area contributed by atoms with Crippen LogP contribution in [0.25, 0.3) is 0 Å². The summed E-state index contributed by atoms with van der Waals surface area (Å²) in [6, 6.07) is 0. The molecular formula is C36H55FN4O5. The molecule has 1 amide bonds. The Morgan fingerprint density at radius 1 is 1.00 bits per heavy atom. The lowest BCUT2D eigenvalue weighted by Crippen LogP contribution is -2.44. The number of esters is 1. The Labute approximate surface area is 274 Å². The second-order valence-corrected chi connectivity index (χ2v) is 12.8. The minimum absolute atomic E-state index is 0.0532. The van der Waals surface area contributed by atoms with Crippen LogP contribution < -0.4 is 5.32 Å². The van der Waals surface area contributed by atoms with Gasteiger partial charge in [-0.05, 0) is 25.7 Å². The van der Waals surface area contributed by atoms with Gasteiger partial charge in [-0.15, -0.1) is 6.42 Å². The summed E-state index contributed by atoms with van der Waals surface area (Å²) in [6.07, 6.45) is 23.8. The van der Waals surface area contributed by atoms with Crippen molar-refractivity contribution in [3.63, 3.8) is 0 Å². The molecule has 1 saturated heterocycles. The van der Waals surface area contributed by atoms with E-state index in [-0.39, 0.29) is 23.6 Å². The zero-order valence-electron chi connectivity index (χ0n) is 28.0. The molecule has 0 spiro atoms. The highest BCUT2D eigenvalue weighted by molar-refractivity contribution is 5.93. The molecule has 3 rings (SSSR count). The topological polar surface area (TPSA) is 123 Å². The Bertz CT molecular complexity index is 1170. The van der Waals surface area contributed by atoms with E-state index < -0.39 is 30.5 Å². The summed E-state index contributed by atoms with van der Waals surface area (Å²) in [7, 11) is 0. The first-order valence-electron chi connectivity index (χ1n) is 17.7. The van der Waals surface area contributed by atoms with Gasteiger partial charge in [0, 0.05) is 31.4 Å². The van der Waals surface area contributed by atoms with Crippen molar-refractivity contribution < 1.29 is 28.6 Å². The van der Waals surface area contributed by atoms with Crippen LogP contribution >= 0.6 is 0 Å². The number of nitrogens with zero attached hydrogens (tertiary/aromatic N) is 3. The third-order valence-corrected chi connectivity index (χ3v) is 9.10. The summed E-state index contributed by atoms with van der Waals surface area (Å²) in [5.41, 5.74) is -0.730. The highest BCUT2D eigenvalue weighted by atomic mass is 19.1. The molecule has 4 atom stereocenters. The van der Waals surface area contributed by atoms with Gasteiger partial charge >= 0.3 is 12.0 Å². The van der Waals surface area contributed by atoms with Crippen LogP contribution in [0.2, 0.25) is 0 Å². The highest BCUT2D eigenvalue weighted by Gasteiger charge is 2.51. The average molecular weight is 643 g/mol. The van der Waals surface area contributed by atoms with E-state index in [9.17, 15) is 19.1 Å². The van der Waals surface area contributed by atoms with Crippen LogP contribution in [0.1, 0.15) is 142 Å². The minimum atomic E-state index is -1.45. The molecule has 10 heteroatoms. The largest absolute Gasteiger partial charge is 0.458 e. The number of anilines is 1.